The van der Waals surface area contributed by atoms with Crippen molar-refractivity contribution in [3.63, 3.8) is 0 Å². The highest BCUT2D eigenvalue weighted by atomic mass is 19.4. The topological polar surface area (TPSA) is 46.3 Å². The summed E-state index contributed by atoms with van der Waals surface area (Å²) in [7, 11) is 0. The number of rotatable bonds is 3. The van der Waals surface area contributed by atoms with Gasteiger partial charge in [-0.15, -0.1) is 0 Å². The van der Waals surface area contributed by atoms with Crippen LogP contribution in [0.5, 0.6) is 0 Å². The highest BCUT2D eigenvalue weighted by molar-refractivity contribution is 5.97. The lowest BCUT2D eigenvalue weighted by molar-refractivity contribution is -0.155. The SMILES string of the molecule is NCCC(N1C(=O)CCc2cc(F)ccc21)C(F)(F)F. The van der Waals surface area contributed by atoms with Gasteiger partial charge in [0, 0.05) is 12.1 Å². The van der Waals surface area contributed by atoms with Crippen LogP contribution in [0.3, 0.4) is 0 Å². The van der Waals surface area contributed by atoms with Gasteiger partial charge in [-0.3, -0.25) is 9.69 Å². The Balaban J connectivity index is 2.46. The zero-order valence-corrected chi connectivity index (χ0v) is 10.6. The molecule has 2 N–H and O–H groups in total. The molecule has 3 nitrogen and oxygen atoms in total. The van der Waals surface area contributed by atoms with Crippen LogP contribution >= 0.6 is 0 Å². The van der Waals surface area contributed by atoms with Crippen LogP contribution < -0.4 is 10.6 Å². The molecule has 1 atom stereocenters. The minimum Gasteiger partial charge on any atom is -0.330 e. The Kier molecular flexibility index (Phi) is 3.99. The maximum Gasteiger partial charge on any atom is 0.409 e. The van der Waals surface area contributed by atoms with Crippen LogP contribution in [0.25, 0.3) is 0 Å². The number of carbonyl (C=O) groups excluding carboxylic acids is 1. The van der Waals surface area contributed by atoms with E-state index in [1.807, 2.05) is 0 Å². The Morgan fingerprint density at radius 2 is 2.00 bits per heavy atom. The summed E-state index contributed by atoms with van der Waals surface area (Å²) >= 11 is 0. The van der Waals surface area contributed by atoms with E-state index < -0.39 is 23.9 Å². The van der Waals surface area contributed by atoms with Crippen LogP contribution in [0.4, 0.5) is 23.2 Å². The molecule has 7 heteroatoms. The minimum absolute atomic E-state index is 0.0619. The summed E-state index contributed by atoms with van der Waals surface area (Å²) in [6.45, 7) is -0.190. The second-order valence-corrected chi connectivity index (χ2v) is 4.67. The molecular formula is C13H14F4N2O. The number of aryl methyl sites for hydroxylation is 1. The number of alkyl halides is 3. The van der Waals surface area contributed by atoms with Gasteiger partial charge in [0.05, 0.1) is 0 Å². The molecule has 0 aliphatic carbocycles. The van der Waals surface area contributed by atoms with Crippen molar-refractivity contribution >= 4 is 11.6 Å². The minimum atomic E-state index is -4.57. The van der Waals surface area contributed by atoms with E-state index >= 15 is 0 Å². The fourth-order valence-corrected chi connectivity index (χ4v) is 2.42. The molecule has 0 saturated heterocycles. The van der Waals surface area contributed by atoms with Gasteiger partial charge in [0.2, 0.25) is 5.91 Å². The van der Waals surface area contributed by atoms with E-state index in [1.54, 1.807) is 0 Å². The van der Waals surface area contributed by atoms with Crippen molar-refractivity contribution in [3.05, 3.63) is 29.6 Å². The smallest absolute Gasteiger partial charge is 0.330 e. The molecule has 0 radical (unpaired) electrons. The fourth-order valence-electron chi connectivity index (χ4n) is 2.42. The van der Waals surface area contributed by atoms with Crippen molar-refractivity contribution in [1.82, 2.24) is 0 Å². The largest absolute Gasteiger partial charge is 0.409 e. The van der Waals surface area contributed by atoms with E-state index in [9.17, 15) is 22.4 Å². The first kappa shape index (κ1) is 14.8. The first-order chi connectivity index (χ1) is 9.34. The van der Waals surface area contributed by atoms with Crippen LogP contribution in [-0.2, 0) is 11.2 Å². The van der Waals surface area contributed by atoms with Crippen molar-refractivity contribution in [3.8, 4) is 0 Å². The van der Waals surface area contributed by atoms with Crippen LogP contribution in [0.1, 0.15) is 18.4 Å². The van der Waals surface area contributed by atoms with Gasteiger partial charge >= 0.3 is 6.18 Å². The van der Waals surface area contributed by atoms with Gasteiger partial charge < -0.3 is 5.73 Å². The number of nitrogens with two attached hydrogens (primary N) is 1. The molecule has 1 aliphatic heterocycles. The Morgan fingerprint density at radius 1 is 1.30 bits per heavy atom. The summed E-state index contributed by atoms with van der Waals surface area (Å²) in [6, 6.07) is 1.48. The van der Waals surface area contributed by atoms with Crippen molar-refractivity contribution in [2.45, 2.75) is 31.5 Å². The summed E-state index contributed by atoms with van der Waals surface area (Å²) in [4.78, 5) is 12.6. The van der Waals surface area contributed by atoms with E-state index in [-0.39, 0.29) is 31.5 Å². The molecule has 1 unspecified atom stereocenters. The number of amides is 1. The number of halogens is 4. The molecule has 110 valence electrons. The molecule has 1 aromatic rings. The summed E-state index contributed by atoms with van der Waals surface area (Å²) in [5.74, 6) is -1.14. The van der Waals surface area contributed by atoms with Crippen LogP contribution in [0, 0.1) is 5.82 Å². The Bertz CT molecular complexity index is 516. The molecule has 2 rings (SSSR count). The molecule has 1 aromatic carbocycles. The molecular weight excluding hydrogens is 276 g/mol. The van der Waals surface area contributed by atoms with Crippen LogP contribution in [-0.4, -0.2) is 24.7 Å². The van der Waals surface area contributed by atoms with Crippen molar-refractivity contribution in [2.75, 3.05) is 11.4 Å². The van der Waals surface area contributed by atoms with Gasteiger partial charge in [-0.05, 0) is 43.1 Å². The number of benzene rings is 1. The van der Waals surface area contributed by atoms with E-state index in [1.165, 1.54) is 12.1 Å². The quantitative estimate of drug-likeness (QED) is 0.869. The second kappa shape index (κ2) is 5.40. The van der Waals surface area contributed by atoms with E-state index in [2.05, 4.69) is 0 Å². The maximum atomic E-state index is 13.2. The monoisotopic (exact) mass is 290 g/mol. The van der Waals surface area contributed by atoms with E-state index in [4.69, 9.17) is 5.73 Å². The van der Waals surface area contributed by atoms with Gasteiger partial charge in [-0.2, -0.15) is 13.2 Å². The fraction of sp³-hybridized carbons (Fsp3) is 0.462. The lowest BCUT2D eigenvalue weighted by atomic mass is 9.98. The normalized spacial score (nSPS) is 17.1. The number of anilines is 1. The van der Waals surface area contributed by atoms with Gasteiger partial charge in [0.15, 0.2) is 0 Å². The van der Waals surface area contributed by atoms with Gasteiger partial charge in [-0.25, -0.2) is 4.39 Å². The zero-order chi connectivity index (χ0) is 14.9. The number of carbonyl (C=O) groups is 1. The lowest BCUT2D eigenvalue weighted by Crippen LogP contribution is -2.51. The second-order valence-electron chi connectivity index (χ2n) is 4.67. The maximum absolute atomic E-state index is 13.2. The van der Waals surface area contributed by atoms with Gasteiger partial charge in [0.1, 0.15) is 11.9 Å². The highest BCUT2D eigenvalue weighted by Crippen LogP contribution is 2.36. The Hall–Kier alpha value is -1.63. The molecule has 0 fully saturated rings. The average Bonchev–Trinajstić information content (AvgIpc) is 2.36. The number of nitrogens with zero attached hydrogens (tertiary/aromatic N) is 1. The Labute approximate surface area is 113 Å². The number of hydrogen-bond donors (Lipinski definition) is 1. The summed E-state index contributed by atoms with van der Waals surface area (Å²) < 4.78 is 52.5. The van der Waals surface area contributed by atoms with Gasteiger partial charge in [0.25, 0.3) is 0 Å². The lowest BCUT2D eigenvalue weighted by Gasteiger charge is -2.37. The molecule has 1 heterocycles. The molecule has 0 aromatic heterocycles. The highest BCUT2D eigenvalue weighted by Gasteiger charge is 2.46. The predicted octanol–water partition coefficient (Wildman–Crippen LogP) is 2.38. The number of hydrogen-bond acceptors (Lipinski definition) is 2. The summed E-state index contributed by atoms with van der Waals surface area (Å²) in [5, 5.41) is 0. The standard InChI is InChI=1S/C13H14F4N2O/c14-9-2-3-10-8(7-9)1-4-12(20)19(10)11(5-6-18)13(15,16)17/h2-3,7,11H,1,4-6,18H2. The molecule has 20 heavy (non-hydrogen) atoms. The zero-order valence-electron chi connectivity index (χ0n) is 10.6. The first-order valence-electron chi connectivity index (χ1n) is 6.22. The first-order valence-corrected chi connectivity index (χ1v) is 6.22. The molecule has 1 amide bonds. The third kappa shape index (κ3) is 2.77. The molecule has 1 aliphatic rings. The predicted molar refractivity (Wildman–Crippen MR) is 65.7 cm³/mol. The Morgan fingerprint density at radius 3 is 2.60 bits per heavy atom. The van der Waals surface area contributed by atoms with Crippen molar-refractivity contribution < 1.29 is 22.4 Å². The van der Waals surface area contributed by atoms with Crippen LogP contribution in [0.15, 0.2) is 18.2 Å². The van der Waals surface area contributed by atoms with Crippen LogP contribution in [0.2, 0.25) is 0 Å². The van der Waals surface area contributed by atoms with E-state index in [0.29, 0.717) is 10.5 Å². The molecule has 0 spiro atoms. The number of fused-ring (bicyclic) bond motifs is 1. The van der Waals surface area contributed by atoms with Gasteiger partial charge in [-0.1, -0.05) is 0 Å². The third-order valence-electron chi connectivity index (χ3n) is 3.31. The van der Waals surface area contributed by atoms with Crippen molar-refractivity contribution in [2.24, 2.45) is 5.73 Å². The molecule has 0 saturated carbocycles. The summed E-state index contributed by atoms with van der Waals surface area (Å²) in [5.41, 5.74) is 5.76. The summed E-state index contributed by atoms with van der Waals surface area (Å²) in [6.07, 6.45) is -4.77. The third-order valence-corrected chi connectivity index (χ3v) is 3.31. The van der Waals surface area contributed by atoms with Crippen molar-refractivity contribution in [1.29, 1.82) is 0 Å². The van der Waals surface area contributed by atoms with E-state index in [0.717, 1.165) is 6.07 Å². The average molecular weight is 290 g/mol. The molecule has 0 bridgehead atoms.